The van der Waals surface area contributed by atoms with Crippen LogP contribution in [0.2, 0.25) is 0 Å². The molecule has 8 heteroatoms. The molecule has 1 atom stereocenters. The molecule has 0 aliphatic heterocycles. The van der Waals surface area contributed by atoms with Crippen molar-refractivity contribution in [2.45, 2.75) is 39.8 Å². The van der Waals surface area contributed by atoms with Crippen molar-refractivity contribution < 1.29 is 22.8 Å². The molecule has 28 heavy (non-hydrogen) atoms. The van der Waals surface area contributed by atoms with Gasteiger partial charge in [-0.25, -0.2) is 0 Å². The maximum Gasteiger partial charge on any atom is 0.434 e. The summed E-state index contributed by atoms with van der Waals surface area (Å²) in [6, 6.07) is 4.31. The number of hydrogen-bond donors (Lipinski definition) is 0. The Balaban J connectivity index is 2.20. The van der Waals surface area contributed by atoms with Crippen LogP contribution in [0.15, 0.2) is 30.0 Å². The number of ketones is 1. The fourth-order valence-electron chi connectivity index (χ4n) is 3.70. The van der Waals surface area contributed by atoms with E-state index in [4.69, 9.17) is 0 Å². The first-order chi connectivity index (χ1) is 12.8. The van der Waals surface area contributed by atoms with Crippen LogP contribution in [-0.4, -0.2) is 35.2 Å². The summed E-state index contributed by atoms with van der Waals surface area (Å²) in [5.41, 5.74) is -2.88. The highest BCUT2D eigenvalue weighted by Crippen LogP contribution is 2.44. The van der Waals surface area contributed by atoms with Crippen LogP contribution in [0.3, 0.4) is 0 Å². The van der Waals surface area contributed by atoms with E-state index in [-0.39, 0.29) is 17.9 Å². The fourth-order valence-corrected chi connectivity index (χ4v) is 3.70. The number of carbonyl (C=O) groups excluding carboxylic acids is 2. The normalized spacial score (nSPS) is 21.6. The minimum atomic E-state index is -4.72. The number of rotatable bonds is 4. The Morgan fingerprint density at radius 3 is 2.57 bits per heavy atom. The Bertz CT molecular complexity index is 868. The van der Waals surface area contributed by atoms with Crippen LogP contribution in [0.4, 0.5) is 13.2 Å². The number of pyridine rings is 1. The lowest BCUT2D eigenvalue weighted by atomic mass is 9.64. The highest BCUT2D eigenvalue weighted by atomic mass is 19.4. The maximum absolute atomic E-state index is 13.1. The zero-order chi connectivity index (χ0) is 21.3. The van der Waals surface area contributed by atoms with E-state index in [0.29, 0.717) is 12.8 Å². The molecule has 0 fully saturated rings. The summed E-state index contributed by atoms with van der Waals surface area (Å²) >= 11 is 0. The summed E-state index contributed by atoms with van der Waals surface area (Å²) in [4.78, 5) is 29.3. The molecule has 0 radical (unpaired) electrons. The van der Waals surface area contributed by atoms with Crippen LogP contribution in [0.5, 0.6) is 0 Å². The molecule has 0 aromatic carbocycles. The zero-order valence-corrected chi connectivity index (χ0v) is 16.2. The number of halogens is 3. The quantitative estimate of drug-likeness (QED) is 0.774. The molecule has 0 N–H and O–H groups in total. The van der Waals surface area contributed by atoms with Crippen molar-refractivity contribution in [1.82, 2.24) is 9.88 Å². The average molecular weight is 393 g/mol. The molecular weight excluding hydrogens is 371 g/mol. The van der Waals surface area contributed by atoms with Crippen LogP contribution in [0.1, 0.15) is 49.7 Å². The molecular formula is C20H22F3N3O2. The van der Waals surface area contributed by atoms with Gasteiger partial charge in [-0.2, -0.15) is 18.4 Å². The van der Waals surface area contributed by atoms with Crippen LogP contribution in [0, 0.1) is 22.2 Å². The standard InChI is InChI=1S/C20H22F3N3O2/c1-18(2)12-19(3,10-13(11-24)16(18)27)7-9-26(4)17(28)14-6-5-8-25-15(14)20(21,22)23/h5-6,8,10H,7,9,12H2,1-4H3/t19-/m1/s1. The number of allylic oxidation sites excluding steroid dienone is 2. The van der Waals surface area contributed by atoms with Crippen LogP contribution in [-0.2, 0) is 11.0 Å². The smallest absolute Gasteiger partial charge is 0.342 e. The first-order valence-electron chi connectivity index (χ1n) is 8.76. The van der Waals surface area contributed by atoms with Gasteiger partial charge in [-0.15, -0.1) is 0 Å². The number of amides is 1. The number of nitrogens with zero attached hydrogens (tertiary/aromatic N) is 3. The number of Topliss-reactive ketones (excluding diaryl/α,β-unsaturated/α-hetero) is 1. The molecule has 1 heterocycles. The van der Waals surface area contributed by atoms with E-state index in [2.05, 4.69) is 4.98 Å². The van der Waals surface area contributed by atoms with Gasteiger partial charge in [0, 0.05) is 25.2 Å². The highest BCUT2D eigenvalue weighted by molar-refractivity contribution is 6.03. The third-order valence-corrected chi connectivity index (χ3v) is 4.99. The first-order valence-corrected chi connectivity index (χ1v) is 8.76. The van der Waals surface area contributed by atoms with Crippen molar-refractivity contribution in [3.8, 4) is 6.07 Å². The average Bonchev–Trinajstić information content (AvgIpc) is 2.61. The molecule has 1 amide bonds. The van der Waals surface area contributed by atoms with E-state index in [1.54, 1.807) is 19.9 Å². The van der Waals surface area contributed by atoms with Crippen molar-refractivity contribution in [3.05, 3.63) is 41.2 Å². The van der Waals surface area contributed by atoms with Gasteiger partial charge < -0.3 is 4.90 Å². The van der Waals surface area contributed by atoms with Crippen molar-refractivity contribution in [2.24, 2.45) is 10.8 Å². The van der Waals surface area contributed by atoms with Crippen molar-refractivity contribution in [2.75, 3.05) is 13.6 Å². The molecule has 0 saturated carbocycles. The van der Waals surface area contributed by atoms with E-state index in [9.17, 15) is 28.0 Å². The van der Waals surface area contributed by atoms with Crippen LogP contribution < -0.4 is 0 Å². The number of alkyl halides is 3. The second kappa shape index (κ2) is 7.38. The lowest BCUT2D eigenvalue weighted by Crippen LogP contribution is -2.39. The minimum absolute atomic E-state index is 0.0827. The van der Waals surface area contributed by atoms with Gasteiger partial charge in [-0.1, -0.05) is 26.8 Å². The highest BCUT2D eigenvalue weighted by Gasteiger charge is 2.43. The second-order valence-electron chi connectivity index (χ2n) is 8.09. The number of hydrogen-bond acceptors (Lipinski definition) is 4. The molecule has 1 aromatic heterocycles. The van der Waals surface area contributed by atoms with Crippen LogP contribution in [0.25, 0.3) is 0 Å². The molecule has 0 saturated heterocycles. The van der Waals surface area contributed by atoms with E-state index < -0.39 is 34.2 Å². The number of aromatic nitrogens is 1. The predicted octanol–water partition coefficient (Wildman–Crippen LogP) is 4.02. The molecule has 1 aromatic rings. The van der Waals surface area contributed by atoms with Gasteiger partial charge >= 0.3 is 6.18 Å². The van der Waals surface area contributed by atoms with Gasteiger partial charge in [0.25, 0.3) is 5.91 Å². The third-order valence-electron chi connectivity index (χ3n) is 4.99. The molecule has 0 unspecified atom stereocenters. The largest absolute Gasteiger partial charge is 0.434 e. The Hall–Kier alpha value is -2.69. The summed E-state index contributed by atoms with van der Waals surface area (Å²) in [5, 5.41) is 9.23. The molecule has 0 spiro atoms. The van der Waals surface area contributed by atoms with Crippen LogP contribution >= 0.6 is 0 Å². The summed E-state index contributed by atoms with van der Waals surface area (Å²) in [6.07, 6.45) is -1.23. The molecule has 1 aliphatic rings. The zero-order valence-electron chi connectivity index (χ0n) is 16.2. The first kappa shape index (κ1) is 21.6. The monoisotopic (exact) mass is 393 g/mol. The molecule has 5 nitrogen and oxygen atoms in total. The maximum atomic E-state index is 13.1. The molecule has 0 bridgehead atoms. The van der Waals surface area contributed by atoms with Gasteiger partial charge in [0.05, 0.1) is 11.1 Å². The Kier molecular flexibility index (Phi) is 5.69. The summed E-state index contributed by atoms with van der Waals surface area (Å²) in [6.45, 7) is 5.57. The van der Waals surface area contributed by atoms with Gasteiger partial charge in [0.1, 0.15) is 6.07 Å². The van der Waals surface area contributed by atoms with Gasteiger partial charge in [-0.3, -0.25) is 14.6 Å². The molecule has 2 rings (SSSR count). The Labute approximate surface area is 161 Å². The van der Waals surface area contributed by atoms with Crippen molar-refractivity contribution >= 4 is 11.7 Å². The van der Waals surface area contributed by atoms with Gasteiger partial charge in [0.15, 0.2) is 11.5 Å². The van der Waals surface area contributed by atoms with E-state index in [1.165, 1.54) is 18.0 Å². The van der Waals surface area contributed by atoms with Gasteiger partial charge in [-0.05, 0) is 30.4 Å². The number of nitriles is 1. The van der Waals surface area contributed by atoms with E-state index in [0.717, 1.165) is 12.3 Å². The third kappa shape index (κ3) is 4.41. The summed E-state index contributed by atoms with van der Waals surface area (Å²) in [5.74, 6) is -0.998. The minimum Gasteiger partial charge on any atom is -0.342 e. The Morgan fingerprint density at radius 1 is 1.36 bits per heavy atom. The SMILES string of the molecule is CN(CC[C@]1(C)C=C(C#N)C(=O)C(C)(C)C1)C(=O)c1cccnc1C(F)(F)F. The summed E-state index contributed by atoms with van der Waals surface area (Å²) in [7, 11) is 1.42. The predicted molar refractivity (Wildman–Crippen MR) is 96.0 cm³/mol. The molecule has 150 valence electrons. The van der Waals surface area contributed by atoms with Gasteiger partial charge in [0.2, 0.25) is 0 Å². The fraction of sp³-hybridized carbons (Fsp3) is 0.500. The van der Waals surface area contributed by atoms with E-state index >= 15 is 0 Å². The van der Waals surface area contributed by atoms with Crippen molar-refractivity contribution in [1.29, 1.82) is 5.26 Å². The lowest BCUT2D eigenvalue weighted by molar-refractivity contribution is -0.141. The topological polar surface area (TPSA) is 74.1 Å². The lowest BCUT2D eigenvalue weighted by Gasteiger charge is -2.39. The molecule has 1 aliphatic carbocycles. The second-order valence-corrected chi connectivity index (χ2v) is 8.09. The number of carbonyl (C=O) groups is 2. The summed E-state index contributed by atoms with van der Waals surface area (Å²) < 4.78 is 39.3. The Morgan fingerprint density at radius 2 is 2.00 bits per heavy atom. The van der Waals surface area contributed by atoms with Crippen molar-refractivity contribution in [3.63, 3.8) is 0 Å². The van der Waals surface area contributed by atoms with E-state index in [1.807, 2.05) is 13.0 Å².